The normalized spacial score (nSPS) is 11.4. The molecule has 0 aliphatic carbocycles. The van der Waals surface area contributed by atoms with E-state index in [1.807, 2.05) is 70.5 Å². The minimum Gasteiger partial charge on any atom is -0.332 e. The van der Waals surface area contributed by atoms with E-state index in [0.717, 1.165) is 22.5 Å². The van der Waals surface area contributed by atoms with Crippen LogP contribution in [0.15, 0.2) is 30.5 Å². The van der Waals surface area contributed by atoms with Crippen molar-refractivity contribution in [3.8, 4) is 0 Å². The zero-order chi connectivity index (χ0) is 22.9. The number of nitrogens with zero attached hydrogens (tertiary/aromatic N) is 4. The molecule has 2 aromatic heterocycles. The predicted molar refractivity (Wildman–Crippen MR) is 124 cm³/mol. The molecule has 2 heterocycles. The summed E-state index contributed by atoms with van der Waals surface area (Å²) in [7, 11) is 1.64. The summed E-state index contributed by atoms with van der Waals surface area (Å²) >= 11 is 0. The molecule has 3 aromatic rings. The van der Waals surface area contributed by atoms with Crippen LogP contribution in [-0.2, 0) is 4.79 Å². The van der Waals surface area contributed by atoms with E-state index in [2.05, 4.69) is 10.4 Å². The maximum absolute atomic E-state index is 13.3. The summed E-state index contributed by atoms with van der Waals surface area (Å²) in [6.07, 6.45) is 1.68. The number of aryl methyl sites for hydroxylation is 1. The summed E-state index contributed by atoms with van der Waals surface area (Å²) in [5.74, 6) is -0.310. The van der Waals surface area contributed by atoms with Gasteiger partial charge in [-0.2, -0.15) is 5.10 Å². The first-order chi connectivity index (χ1) is 14.6. The third kappa shape index (κ3) is 4.60. The predicted octanol–water partition coefficient (Wildman–Crippen LogP) is 4.46. The average Bonchev–Trinajstić information content (AvgIpc) is 3.14. The van der Waals surface area contributed by atoms with E-state index in [-0.39, 0.29) is 30.3 Å². The van der Waals surface area contributed by atoms with Crippen molar-refractivity contribution >= 4 is 28.5 Å². The van der Waals surface area contributed by atoms with Crippen LogP contribution in [0.3, 0.4) is 0 Å². The fourth-order valence-corrected chi connectivity index (χ4v) is 3.46. The number of hydrogen-bond acceptors (Lipinski definition) is 4. The van der Waals surface area contributed by atoms with Crippen LogP contribution >= 0.6 is 0 Å². The molecule has 0 radical (unpaired) electrons. The first-order valence-corrected chi connectivity index (χ1v) is 10.6. The monoisotopic (exact) mass is 421 g/mol. The highest BCUT2D eigenvalue weighted by atomic mass is 16.2. The number of likely N-dealkylation sites (N-methyl/N-ethyl adjacent to an activating group) is 1. The summed E-state index contributed by atoms with van der Waals surface area (Å²) in [5.41, 5.74) is 4.91. The van der Waals surface area contributed by atoms with Gasteiger partial charge in [-0.05, 0) is 56.9 Å². The van der Waals surface area contributed by atoms with Crippen LogP contribution < -0.4 is 5.32 Å². The Bertz CT molecular complexity index is 1130. The van der Waals surface area contributed by atoms with Gasteiger partial charge in [0.15, 0.2) is 5.65 Å². The zero-order valence-electron chi connectivity index (χ0n) is 19.4. The molecule has 0 unspecified atom stereocenters. The van der Waals surface area contributed by atoms with Crippen LogP contribution in [0, 0.1) is 13.8 Å². The number of anilines is 1. The summed E-state index contributed by atoms with van der Waals surface area (Å²) < 4.78 is 1.82. The van der Waals surface area contributed by atoms with Gasteiger partial charge in [-0.1, -0.05) is 26.0 Å². The number of amides is 2. The molecule has 3 rings (SSSR count). The standard InChI is InChI=1S/C24H31N5O2/c1-14(2)21-11-18(19-12-25-29(15(3)4)23(19)27-21)24(31)28(7)13-22(30)26-20-10-8-9-16(5)17(20)6/h8-12,14-15H,13H2,1-7H3,(H,26,30). The van der Waals surface area contributed by atoms with E-state index in [4.69, 9.17) is 4.98 Å². The molecule has 31 heavy (non-hydrogen) atoms. The van der Waals surface area contributed by atoms with Gasteiger partial charge in [0.05, 0.1) is 23.7 Å². The van der Waals surface area contributed by atoms with Crippen molar-refractivity contribution in [2.24, 2.45) is 0 Å². The van der Waals surface area contributed by atoms with E-state index >= 15 is 0 Å². The summed E-state index contributed by atoms with van der Waals surface area (Å²) in [6, 6.07) is 7.71. The van der Waals surface area contributed by atoms with Crippen LogP contribution in [0.4, 0.5) is 5.69 Å². The molecule has 0 fully saturated rings. The van der Waals surface area contributed by atoms with Crippen molar-refractivity contribution in [3.05, 3.63) is 52.8 Å². The number of benzene rings is 1. The number of carbonyl (C=O) groups excluding carboxylic acids is 2. The highest BCUT2D eigenvalue weighted by Crippen LogP contribution is 2.25. The molecule has 0 spiro atoms. The smallest absolute Gasteiger partial charge is 0.254 e. The minimum absolute atomic E-state index is 0.0502. The largest absolute Gasteiger partial charge is 0.332 e. The molecule has 7 heteroatoms. The van der Waals surface area contributed by atoms with Gasteiger partial charge in [-0.25, -0.2) is 9.67 Å². The molecule has 0 atom stereocenters. The van der Waals surface area contributed by atoms with Gasteiger partial charge in [-0.15, -0.1) is 0 Å². The minimum atomic E-state index is -0.239. The number of fused-ring (bicyclic) bond motifs is 1. The highest BCUT2D eigenvalue weighted by Gasteiger charge is 2.22. The van der Waals surface area contributed by atoms with Crippen molar-refractivity contribution in [2.45, 2.75) is 53.5 Å². The molecule has 164 valence electrons. The lowest BCUT2D eigenvalue weighted by atomic mass is 10.0. The first kappa shape index (κ1) is 22.5. The van der Waals surface area contributed by atoms with Crippen molar-refractivity contribution in [3.63, 3.8) is 0 Å². The Labute approximate surface area is 183 Å². The van der Waals surface area contributed by atoms with Crippen LogP contribution in [0.5, 0.6) is 0 Å². The lowest BCUT2D eigenvalue weighted by Crippen LogP contribution is -2.35. The zero-order valence-corrected chi connectivity index (χ0v) is 19.4. The Morgan fingerprint density at radius 2 is 1.87 bits per heavy atom. The molecular weight excluding hydrogens is 390 g/mol. The van der Waals surface area contributed by atoms with Gasteiger partial charge >= 0.3 is 0 Å². The Kier molecular flexibility index (Phi) is 6.43. The average molecular weight is 422 g/mol. The van der Waals surface area contributed by atoms with E-state index in [1.165, 1.54) is 4.90 Å². The Balaban J connectivity index is 1.87. The van der Waals surface area contributed by atoms with Crippen molar-refractivity contribution in [1.29, 1.82) is 0 Å². The van der Waals surface area contributed by atoms with E-state index < -0.39 is 0 Å². The second-order valence-corrected chi connectivity index (χ2v) is 8.63. The maximum Gasteiger partial charge on any atom is 0.254 e. The molecule has 0 saturated carbocycles. The van der Waals surface area contributed by atoms with E-state index in [0.29, 0.717) is 16.6 Å². The van der Waals surface area contributed by atoms with Crippen molar-refractivity contribution in [1.82, 2.24) is 19.7 Å². The summed E-state index contributed by atoms with van der Waals surface area (Å²) in [5, 5.41) is 8.05. The van der Waals surface area contributed by atoms with Crippen LogP contribution in [0.25, 0.3) is 11.0 Å². The lowest BCUT2D eigenvalue weighted by molar-refractivity contribution is -0.116. The van der Waals surface area contributed by atoms with Gasteiger partial charge in [-0.3, -0.25) is 9.59 Å². The van der Waals surface area contributed by atoms with E-state index in [1.54, 1.807) is 13.2 Å². The molecular formula is C24H31N5O2. The van der Waals surface area contributed by atoms with Crippen LogP contribution in [0.1, 0.15) is 66.8 Å². The van der Waals surface area contributed by atoms with Crippen molar-refractivity contribution < 1.29 is 9.59 Å². The molecule has 2 amide bonds. The Morgan fingerprint density at radius 1 is 1.16 bits per heavy atom. The molecule has 0 aliphatic heterocycles. The molecule has 0 aliphatic rings. The SMILES string of the molecule is Cc1cccc(NC(=O)CN(C)C(=O)c2cc(C(C)C)nc3c2cnn3C(C)C)c1C. The third-order valence-electron chi connectivity index (χ3n) is 5.50. The summed E-state index contributed by atoms with van der Waals surface area (Å²) in [6.45, 7) is 12.1. The summed E-state index contributed by atoms with van der Waals surface area (Å²) in [4.78, 5) is 32.1. The Hall–Kier alpha value is -3.22. The van der Waals surface area contributed by atoms with Crippen molar-refractivity contribution in [2.75, 3.05) is 18.9 Å². The second kappa shape index (κ2) is 8.88. The fraction of sp³-hybridized carbons (Fsp3) is 0.417. The number of nitrogens with one attached hydrogen (secondary N) is 1. The lowest BCUT2D eigenvalue weighted by Gasteiger charge is -2.19. The van der Waals surface area contributed by atoms with Gasteiger partial charge in [0.25, 0.3) is 5.91 Å². The fourth-order valence-electron chi connectivity index (χ4n) is 3.46. The molecule has 0 saturated heterocycles. The van der Waals surface area contributed by atoms with Crippen LogP contribution in [-0.4, -0.2) is 45.1 Å². The molecule has 0 bridgehead atoms. The third-order valence-corrected chi connectivity index (χ3v) is 5.50. The first-order valence-electron chi connectivity index (χ1n) is 10.6. The number of aromatic nitrogens is 3. The highest BCUT2D eigenvalue weighted by molar-refractivity contribution is 6.07. The number of rotatable bonds is 6. The topological polar surface area (TPSA) is 80.1 Å². The number of pyridine rings is 1. The number of hydrogen-bond donors (Lipinski definition) is 1. The quantitative estimate of drug-likeness (QED) is 0.637. The van der Waals surface area contributed by atoms with Gasteiger partial charge in [0, 0.05) is 24.5 Å². The second-order valence-electron chi connectivity index (χ2n) is 8.63. The van der Waals surface area contributed by atoms with Gasteiger partial charge < -0.3 is 10.2 Å². The molecule has 7 nitrogen and oxygen atoms in total. The van der Waals surface area contributed by atoms with E-state index in [9.17, 15) is 9.59 Å². The molecule has 1 aromatic carbocycles. The number of carbonyl (C=O) groups is 2. The molecule has 1 N–H and O–H groups in total. The van der Waals surface area contributed by atoms with Crippen LogP contribution in [0.2, 0.25) is 0 Å². The van der Waals surface area contributed by atoms with Gasteiger partial charge in [0.1, 0.15) is 0 Å². The van der Waals surface area contributed by atoms with Gasteiger partial charge in [0.2, 0.25) is 5.91 Å². The maximum atomic E-state index is 13.3. The Morgan fingerprint density at radius 3 is 2.52 bits per heavy atom.